The molecule has 0 aromatic carbocycles. The molecule has 0 aliphatic heterocycles. The molecule has 0 spiro atoms. The minimum Gasteiger partial charge on any atom is -0.367 e. The normalized spacial score (nSPS) is 18.9. The fraction of sp³-hybridized carbons (Fsp3) is 0.812. The van der Waals surface area contributed by atoms with E-state index in [2.05, 4.69) is 29.7 Å². The molecule has 2 rings (SSSR count). The summed E-state index contributed by atoms with van der Waals surface area (Å²) >= 11 is 0. The lowest BCUT2D eigenvalue weighted by Crippen LogP contribution is -2.40. The first-order valence-corrected chi connectivity index (χ1v) is 8.12. The lowest BCUT2D eigenvalue weighted by atomic mass is 9.94. The van der Waals surface area contributed by atoms with Gasteiger partial charge < -0.3 is 10.5 Å². The number of aryl methyl sites for hydroxylation is 2. The van der Waals surface area contributed by atoms with Crippen LogP contribution in [0.25, 0.3) is 0 Å². The van der Waals surface area contributed by atoms with Gasteiger partial charge in [0.2, 0.25) is 0 Å². The highest BCUT2D eigenvalue weighted by molar-refractivity contribution is 5.09. The van der Waals surface area contributed by atoms with Crippen molar-refractivity contribution in [2.45, 2.75) is 77.5 Å². The van der Waals surface area contributed by atoms with Gasteiger partial charge in [0.15, 0.2) is 0 Å². The van der Waals surface area contributed by atoms with E-state index in [1.807, 2.05) is 0 Å². The molecule has 1 aromatic rings. The zero-order chi connectivity index (χ0) is 14.4. The first kappa shape index (κ1) is 15.5. The van der Waals surface area contributed by atoms with E-state index in [1.165, 1.54) is 31.4 Å². The average molecular weight is 279 g/mol. The molecular formula is C16H29N3O. The largest absolute Gasteiger partial charge is 0.367 e. The Kier molecular flexibility index (Phi) is 5.61. The van der Waals surface area contributed by atoms with Gasteiger partial charge in [0, 0.05) is 13.1 Å². The predicted octanol–water partition coefficient (Wildman–Crippen LogP) is 3.03. The maximum absolute atomic E-state index is 6.30. The van der Waals surface area contributed by atoms with E-state index in [0.29, 0.717) is 13.2 Å². The summed E-state index contributed by atoms with van der Waals surface area (Å²) in [5.74, 6) is 0. The highest BCUT2D eigenvalue weighted by atomic mass is 16.5. The van der Waals surface area contributed by atoms with Crippen molar-refractivity contribution in [3.8, 4) is 0 Å². The highest BCUT2D eigenvalue weighted by Gasteiger charge is 2.30. The van der Waals surface area contributed by atoms with Crippen LogP contribution in [0, 0.1) is 0 Å². The molecular weight excluding hydrogens is 250 g/mol. The van der Waals surface area contributed by atoms with Gasteiger partial charge in [-0.2, -0.15) is 5.10 Å². The van der Waals surface area contributed by atoms with Crippen molar-refractivity contribution in [3.63, 3.8) is 0 Å². The smallest absolute Gasteiger partial charge is 0.0893 e. The zero-order valence-electron chi connectivity index (χ0n) is 13.0. The Morgan fingerprint density at radius 1 is 1.25 bits per heavy atom. The second kappa shape index (κ2) is 7.23. The van der Waals surface area contributed by atoms with E-state index in [9.17, 15) is 0 Å². The van der Waals surface area contributed by atoms with Gasteiger partial charge >= 0.3 is 0 Å². The fourth-order valence-corrected chi connectivity index (χ4v) is 3.09. The summed E-state index contributed by atoms with van der Waals surface area (Å²) in [5, 5.41) is 4.58. The summed E-state index contributed by atoms with van der Waals surface area (Å²) in [6, 6.07) is 2.17. The highest BCUT2D eigenvalue weighted by Crippen LogP contribution is 2.30. The molecule has 1 aliphatic carbocycles. The summed E-state index contributed by atoms with van der Waals surface area (Å²) in [5.41, 5.74) is 8.25. The summed E-state index contributed by atoms with van der Waals surface area (Å²) in [7, 11) is 0. The first-order chi connectivity index (χ1) is 9.73. The number of nitrogens with zero attached hydrogens (tertiary/aromatic N) is 2. The molecule has 1 aromatic heterocycles. The molecule has 114 valence electrons. The Labute approximate surface area is 122 Å². The summed E-state index contributed by atoms with van der Waals surface area (Å²) in [6.45, 7) is 6.43. The van der Waals surface area contributed by atoms with Gasteiger partial charge in [-0.3, -0.25) is 4.68 Å². The molecule has 0 radical (unpaired) electrons. The van der Waals surface area contributed by atoms with Gasteiger partial charge in [-0.05, 0) is 32.3 Å². The maximum Gasteiger partial charge on any atom is 0.0893 e. The lowest BCUT2D eigenvalue weighted by Gasteiger charge is -2.31. The van der Waals surface area contributed by atoms with Crippen LogP contribution in [0.1, 0.15) is 63.8 Å². The van der Waals surface area contributed by atoms with Crippen molar-refractivity contribution >= 4 is 0 Å². The molecule has 4 heteroatoms. The molecule has 1 saturated carbocycles. The molecule has 4 nitrogen and oxygen atoms in total. The van der Waals surface area contributed by atoms with Gasteiger partial charge in [-0.15, -0.1) is 0 Å². The van der Waals surface area contributed by atoms with Crippen LogP contribution < -0.4 is 5.73 Å². The Morgan fingerprint density at radius 2 is 1.95 bits per heavy atom. The molecule has 1 aliphatic rings. The van der Waals surface area contributed by atoms with E-state index in [1.54, 1.807) is 0 Å². The predicted molar refractivity (Wildman–Crippen MR) is 81.6 cm³/mol. The van der Waals surface area contributed by atoms with Crippen LogP contribution in [0.5, 0.6) is 0 Å². The summed E-state index contributed by atoms with van der Waals surface area (Å²) in [4.78, 5) is 0. The van der Waals surface area contributed by atoms with E-state index in [4.69, 9.17) is 10.5 Å². The van der Waals surface area contributed by atoms with Crippen LogP contribution in [-0.4, -0.2) is 21.9 Å². The number of ether oxygens (including phenoxy) is 1. The minimum atomic E-state index is -0.105. The van der Waals surface area contributed by atoms with Crippen LogP contribution in [-0.2, 0) is 24.3 Å². The van der Waals surface area contributed by atoms with E-state index >= 15 is 0 Å². The van der Waals surface area contributed by atoms with Gasteiger partial charge in [-0.25, -0.2) is 0 Å². The van der Waals surface area contributed by atoms with Crippen LogP contribution in [0.3, 0.4) is 0 Å². The van der Waals surface area contributed by atoms with Crippen LogP contribution in [0.15, 0.2) is 6.07 Å². The van der Waals surface area contributed by atoms with Crippen LogP contribution in [0.2, 0.25) is 0 Å². The number of hydrogen-bond donors (Lipinski definition) is 1. The quantitative estimate of drug-likeness (QED) is 0.814. The van der Waals surface area contributed by atoms with Gasteiger partial charge in [0.05, 0.1) is 23.6 Å². The van der Waals surface area contributed by atoms with Crippen molar-refractivity contribution in [1.82, 2.24) is 9.78 Å². The second-order valence-electron chi connectivity index (χ2n) is 5.89. The monoisotopic (exact) mass is 279 g/mol. The molecule has 2 N–H and O–H groups in total. The number of aromatic nitrogens is 2. The van der Waals surface area contributed by atoms with E-state index in [0.717, 1.165) is 31.5 Å². The molecule has 20 heavy (non-hydrogen) atoms. The number of nitrogens with two attached hydrogens (primary N) is 1. The molecule has 0 bridgehead atoms. The Balaban J connectivity index is 2.03. The standard InChI is InChI=1S/C16H29N3O/c1-3-14-11-15(19(4-2)18-14)12-20-16(13-17)9-7-5-6-8-10-16/h11H,3-10,12-13,17H2,1-2H3. The van der Waals surface area contributed by atoms with Crippen molar-refractivity contribution in [3.05, 3.63) is 17.5 Å². The van der Waals surface area contributed by atoms with Crippen LogP contribution in [0.4, 0.5) is 0 Å². The third kappa shape index (κ3) is 3.61. The summed E-state index contributed by atoms with van der Waals surface area (Å²) < 4.78 is 8.36. The zero-order valence-corrected chi connectivity index (χ0v) is 13.0. The van der Waals surface area contributed by atoms with Gasteiger partial charge in [0.25, 0.3) is 0 Å². The van der Waals surface area contributed by atoms with Gasteiger partial charge in [-0.1, -0.05) is 32.6 Å². The van der Waals surface area contributed by atoms with Crippen molar-refractivity contribution < 1.29 is 4.74 Å². The number of rotatable bonds is 6. The van der Waals surface area contributed by atoms with Crippen molar-refractivity contribution in [2.24, 2.45) is 5.73 Å². The SMILES string of the molecule is CCc1cc(COC2(CN)CCCCCC2)n(CC)n1. The van der Waals surface area contributed by atoms with Crippen molar-refractivity contribution in [2.75, 3.05) is 6.54 Å². The third-order valence-corrected chi connectivity index (χ3v) is 4.49. The molecule has 1 fully saturated rings. The maximum atomic E-state index is 6.30. The molecule has 0 saturated heterocycles. The molecule has 0 unspecified atom stereocenters. The van der Waals surface area contributed by atoms with E-state index < -0.39 is 0 Å². The molecule has 0 atom stereocenters. The second-order valence-corrected chi connectivity index (χ2v) is 5.89. The van der Waals surface area contributed by atoms with Crippen LogP contribution >= 0.6 is 0 Å². The fourth-order valence-electron chi connectivity index (χ4n) is 3.09. The molecule has 0 amide bonds. The average Bonchev–Trinajstić information content (AvgIpc) is 2.74. The molecule has 1 heterocycles. The third-order valence-electron chi connectivity index (χ3n) is 4.49. The van der Waals surface area contributed by atoms with Gasteiger partial charge in [0.1, 0.15) is 0 Å². The Hall–Kier alpha value is -0.870. The topological polar surface area (TPSA) is 53.1 Å². The minimum absolute atomic E-state index is 0.105. The first-order valence-electron chi connectivity index (χ1n) is 8.12. The number of hydrogen-bond acceptors (Lipinski definition) is 3. The Bertz CT molecular complexity index is 406. The van der Waals surface area contributed by atoms with E-state index in [-0.39, 0.29) is 5.60 Å². The lowest BCUT2D eigenvalue weighted by molar-refractivity contribution is -0.0625. The Morgan fingerprint density at radius 3 is 2.50 bits per heavy atom. The summed E-state index contributed by atoms with van der Waals surface area (Å²) in [6.07, 6.45) is 8.29. The van der Waals surface area contributed by atoms with Crippen molar-refractivity contribution in [1.29, 1.82) is 0 Å².